The summed E-state index contributed by atoms with van der Waals surface area (Å²) in [6, 6.07) is 25.8. The summed E-state index contributed by atoms with van der Waals surface area (Å²) in [5, 5.41) is 16.4. The molecule has 242 valence electrons. The summed E-state index contributed by atoms with van der Waals surface area (Å²) in [5.41, 5.74) is 5.96. The minimum Gasteiger partial charge on any atom is -0.432 e. The van der Waals surface area contributed by atoms with Crippen molar-refractivity contribution < 1.29 is 24.2 Å². The first-order valence-electron chi connectivity index (χ1n) is 16.5. The monoisotopic (exact) mass is 639 g/mol. The number of rotatable bonds is 9. The number of carbonyl (C=O) groups excluding carboxylic acids is 2. The van der Waals surface area contributed by atoms with E-state index >= 15 is 0 Å². The van der Waals surface area contributed by atoms with Crippen LogP contribution in [0.15, 0.2) is 84.0 Å². The highest BCUT2D eigenvalue weighted by atomic mass is 28.4. The third-order valence-electron chi connectivity index (χ3n) is 9.99. The highest BCUT2D eigenvalue weighted by Gasteiger charge is 2.50. The van der Waals surface area contributed by atoms with E-state index in [9.17, 15) is 19.5 Å². The smallest absolute Gasteiger partial charge is 0.247 e. The summed E-state index contributed by atoms with van der Waals surface area (Å²) in [5.74, 6) is 0.0322. The van der Waals surface area contributed by atoms with Crippen LogP contribution in [0.5, 0.6) is 0 Å². The number of hydrogen-bond donors (Lipinski definition) is 2. The molecule has 3 heterocycles. The molecule has 2 N–H and O–H groups in total. The van der Waals surface area contributed by atoms with Gasteiger partial charge in [0.25, 0.3) is 0 Å². The topological polar surface area (TPSA) is 103 Å². The Balaban J connectivity index is 1.14. The van der Waals surface area contributed by atoms with Gasteiger partial charge in [0, 0.05) is 24.9 Å². The Labute approximate surface area is 272 Å². The Hall–Kier alpha value is -3.63. The fraction of sp³-hybridized carbons (Fsp3) is 0.432. The molecule has 8 nitrogen and oxygen atoms in total. The van der Waals surface area contributed by atoms with E-state index in [0.717, 1.165) is 40.9 Å². The molecule has 0 saturated carbocycles. The van der Waals surface area contributed by atoms with Gasteiger partial charge in [0.2, 0.25) is 11.8 Å². The van der Waals surface area contributed by atoms with Gasteiger partial charge in [0.15, 0.2) is 8.32 Å². The highest BCUT2D eigenvalue weighted by Crippen LogP contribution is 2.46. The van der Waals surface area contributed by atoms with Crippen LogP contribution in [0.25, 0.3) is 0 Å². The molecule has 1 saturated heterocycles. The number of hydrogen-bond acceptors (Lipinski definition) is 6. The van der Waals surface area contributed by atoms with Crippen molar-refractivity contribution in [3.63, 3.8) is 0 Å². The predicted molar refractivity (Wildman–Crippen MR) is 182 cm³/mol. The number of hydrazone groups is 1. The zero-order chi connectivity index (χ0) is 32.4. The first kappa shape index (κ1) is 32.3. The Morgan fingerprint density at radius 1 is 0.978 bits per heavy atom. The third-order valence-corrected chi connectivity index (χ3v) is 12.5. The molecule has 2 amide bonds. The summed E-state index contributed by atoms with van der Waals surface area (Å²) < 4.78 is 6.64. The van der Waals surface area contributed by atoms with E-state index in [-0.39, 0.29) is 54.6 Å². The van der Waals surface area contributed by atoms with Crippen LogP contribution in [0, 0.1) is 5.92 Å². The number of benzene rings is 3. The van der Waals surface area contributed by atoms with Crippen LogP contribution in [0.3, 0.4) is 0 Å². The van der Waals surface area contributed by atoms with Crippen molar-refractivity contribution in [3.05, 3.63) is 101 Å². The molecule has 3 aromatic rings. The van der Waals surface area contributed by atoms with Gasteiger partial charge in [-0.2, -0.15) is 5.10 Å². The van der Waals surface area contributed by atoms with Gasteiger partial charge in [-0.05, 0) is 72.7 Å². The van der Waals surface area contributed by atoms with Crippen molar-refractivity contribution in [2.24, 2.45) is 11.0 Å². The Bertz CT molecular complexity index is 1590. The number of aliphatic hydroxyl groups excluding tert-OH is 1. The average Bonchev–Trinajstić information content (AvgIpc) is 3.38. The molecule has 0 radical (unpaired) electrons. The van der Waals surface area contributed by atoms with Crippen LogP contribution in [0.2, 0.25) is 18.6 Å². The van der Waals surface area contributed by atoms with Crippen LogP contribution in [0.1, 0.15) is 54.9 Å². The van der Waals surface area contributed by atoms with Crippen molar-refractivity contribution in [2.45, 2.75) is 88.9 Å². The van der Waals surface area contributed by atoms with E-state index in [0.29, 0.717) is 25.8 Å². The molecule has 46 heavy (non-hydrogen) atoms. The van der Waals surface area contributed by atoms with Crippen molar-refractivity contribution in [3.8, 4) is 0 Å². The van der Waals surface area contributed by atoms with Gasteiger partial charge < -0.3 is 19.5 Å². The predicted octanol–water partition coefficient (Wildman–Crippen LogP) is 5.46. The minimum absolute atomic E-state index is 0.0179. The second-order valence-corrected chi connectivity index (χ2v) is 17.6. The molecule has 9 heteroatoms. The van der Waals surface area contributed by atoms with Gasteiger partial charge in [-0.15, -0.1) is 0 Å². The fourth-order valence-electron chi connectivity index (χ4n) is 7.68. The normalized spacial score (nSPS) is 24.9. The molecule has 5 atom stereocenters. The van der Waals surface area contributed by atoms with E-state index in [4.69, 9.17) is 9.84 Å². The maximum Gasteiger partial charge on any atom is 0.247 e. The lowest BCUT2D eigenvalue weighted by Gasteiger charge is -2.37. The van der Waals surface area contributed by atoms with Crippen molar-refractivity contribution >= 4 is 31.5 Å². The van der Waals surface area contributed by atoms with Gasteiger partial charge in [0.1, 0.15) is 0 Å². The number of carbonyl (C=O) groups is 2. The molecule has 0 aromatic heterocycles. The number of anilines is 1. The number of fused-ring (bicyclic) bond motifs is 1. The summed E-state index contributed by atoms with van der Waals surface area (Å²) in [6.07, 6.45) is 2.84. The molecule has 1 fully saturated rings. The van der Waals surface area contributed by atoms with Crippen LogP contribution >= 0.6 is 0 Å². The molecule has 0 spiro atoms. The van der Waals surface area contributed by atoms with Crippen LogP contribution in [-0.2, 0) is 33.7 Å². The molecule has 0 unspecified atom stereocenters. The maximum absolute atomic E-state index is 13.8. The number of aliphatic hydroxyl groups is 1. The molecule has 3 aliphatic rings. The van der Waals surface area contributed by atoms with E-state index in [1.807, 2.05) is 79.8 Å². The number of nitrogens with zero attached hydrogens (tertiary/aromatic N) is 3. The lowest BCUT2D eigenvalue weighted by molar-refractivity contribution is -0.138. The van der Waals surface area contributed by atoms with Crippen molar-refractivity contribution in [1.82, 2.24) is 4.90 Å². The van der Waals surface area contributed by atoms with Gasteiger partial charge >= 0.3 is 0 Å². The first-order valence-corrected chi connectivity index (χ1v) is 19.5. The Morgan fingerprint density at radius 3 is 2.46 bits per heavy atom. The van der Waals surface area contributed by atoms with E-state index in [1.54, 1.807) is 4.90 Å². The molecule has 0 bridgehead atoms. The van der Waals surface area contributed by atoms with Gasteiger partial charge in [-0.25, -0.2) is 5.01 Å². The summed E-state index contributed by atoms with van der Waals surface area (Å²) in [7, 11) is -2.68. The zero-order valence-corrected chi connectivity index (χ0v) is 28.0. The molecule has 3 aliphatic heterocycles. The zero-order valence-electron chi connectivity index (χ0n) is 27.0. The largest absolute Gasteiger partial charge is 0.432 e. The van der Waals surface area contributed by atoms with Gasteiger partial charge in [0.05, 0.1) is 42.7 Å². The Kier molecular flexibility index (Phi) is 9.56. The van der Waals surface area contributed by atoms with Crippen LogP contribution in [0.4, 0.5) is 5.69 Å². The van der Waals surface area contributed by atoms with Crippen molar-refractivity contribution in [2.75, 3.05) is 11.6 Å². The summed E-state index contributed by atoms with van der Waals surface area (Å²) in [6.45, 7) is 6.41. The van der Waals surface area contributed by atoms with Crippen LogP contribution < -0.4 is 5.01 Å². The third kappa shape index (κ3) is 6.88. The second-order valence-electron chi connectivity index (χ2n) is 13.6. The van der Waals surface area contributed by atoms with Crippen LogP contribution in [-0.4, -0.2) is 65.5 Å². The molecule has 0 aliphatic carbocycles. The number of ether oxygens (including phenoxy) is 1. The second kappa shape index (κ2) is 13.6. The van der Waals surface area contributed by atoms with Crippen molar-refractivity contribution in [1.29, 1.82) is 0 Å². The molecule has 6 rings (SSSR count). The quantitative estimate of drug-likeness (QED) is 0.303. The minimum atomic E-state index is -2.68. The highest BCUT2D eigenvalue weighted by molar-refractivity contribution is 6.71. The van der Waals surface area contributed by atoms with E-state index in [1.165, 1.54) is 10.6 Å². The first-order chi connectivity index (χ1) is 22.1. The lowest BCUT2D eigenvalue weighted by atomic mass is 9.93. The maximum atomic E-state index is 13.8. The average molecular weight is 640 g/mol. The van der Waals surface area contributed by atoms with E-state index in [2.05, 4.69) is 19.1 Å². The molecule has 3 aromatic carbocycles. The SMILES string of the molecule is C[C@@H]1[C@@H]([Si](C)(C)O)[C@H](CC(=O)N2Cc3ccccc3C[C@H]2CO)O[C@@H]1CCc1cccc(N2N=C(c3ccccc3)CCC2=O)c1. The molecular formula is C37H45N3O5Si. The van der Waals surface area contributed by atoms with Gasteiger partial charge in [-0.1, -0.05) is 73.7 Å². The standard InChI is InChI=1S/C37H45N3O5Si/c1-25-33(18-16-26-10-9-15-30(20-26)40-35(42)19-17-32(38-40)27-11-5-4-6-12-27)45-34(37(25)46(2,3)44)22-36(43)39-23-29-14-8-7-13-28(29)21-31(39)24-41/h4-15,20,25,31,33-34,37,41,44H,16-19,21-24H2,1-3H3/t25-,31-,33+,34-,37+/m0/s1. The number of aryl methyl sites for hydroxylation is 1. The fourth-order valence-corrected chi connectivity index (χ4v) is 10.3. The molecular weight excluding hydrogens is 595 g/mol. The summed E-state index contributed by atoms with van der Waals surface area (Å²) in [4.78, 5) is 39.8. The lowest BCUT2D eigenvalue weighted by Crippen LogP contribution is -2.48. The van der Waals surface area contributed by atoms with E-state index < -0.39 is 8.32 Å². The summed E-state index contributed by atoms with van der Waals surface area (Å²) >= 11 is 0. The van der Waals surface area contributed by atoms with Gasteiger partial charge in [-0.3, -0.25) is 9.59 Å². The number of amides is 2. The Morgan fingerprint density at radius 2 is 1.72 bits per heavy atom.